The van der Waals surface area contributed by atoms with Crippen molar-refractivity contribution in [1.29, 1.82) is 0 Å². The highest BCUT2D eigenvalue weighted by atomic mass is 16.3. The molecule has 8 heteroatoms. The van der Waals surface area contributed by atoms with E-state index in [1.807, 2.05) is 16.7 Å². The van der Waals surface area contributed by atoms with Crippen LogP contribution >= 0.6 is 0 Å². The van der Waals surface area contributed by atoms with E-state index < -0.39 is 0 Å². The molecule has 0 aromatic carbocycles. The number of hydrogen-bond acceptors (Lipinski definition) is 5. The van der Waals surface area contributed by atoms with Gasteiger partial charge in [-0.2, -0.15) is 0 Å². The van der Waals surface area contributed by atoms with E-state index in [0.29, 0.717) is 12.6 Å². The first-order valence-corrected chi connectivity index (χ1v) is 9.72. The molecule has 0 radical (unpaired) electrons. The summed E-state index contributed by atoms with van der Waals surface area (Å²) in [5.41, 5.74) is 3.59. The van der Waals surface area contributed by atoms with E-state index in [4.69, 9.17) is 10.1 Å². The van der Waals surface area contributed by atoms with Crippen LogP contribution in [0.25, 0.3) is 22.1 Å². The van der Waals surface area contributed by atoms with Gasteiger partial charge < -0.3 is 9.67 Å². The highest BCUT2D eigenvalue weighted by Gasteiger charge is 2.29. The van der Waals surface area contributed by atoms with Crippen molar-refractivity contribution in [2.24, 2.45) is 0 Å². The highest BCUT2D eigenvalue weighted by Crippen LogP contribution is 2.36. The van der Waals surface area contributed by atoms with Gasteiger partial charge >= 0.3 is 5.69 Å². The van der Waals surface area contributed by atoms with Gasteiger partial charge in [-0.25, -0.2) is 9.78 Å². The predicted molar refractivity (Wildman–Crippen MR) is 105 cm³/mol. The maximum Gasteiger partial charge on any atom is 0.329 e. The molecule has 8 nitrogen and oxygen atoms in total. The van der Waals surface area contributed by atoms with Crippen LogP contribution in [-0.2, 0) is 13.1 Å². The average molecular weight is 378 g/mol. The summed E-state index contributed by atoms with van der Waals surface area (Å²) < 4.78 is 5.81. The SMILES string of the molecule is O=c1n(Cc2nc3cnccc3n2CCCCO)c2cnccc2n1C1CC1. The van der Waals surface area contributed by atoms with Crippen molar-refractivity contribution in [2.75, 3.05) is 6.61 Å². The number of unbranched alkanes of at least 4 members (excludes halogenated alkanes) is 1. The van der Waals surface area contributed by atoms with Gasteiger partial charge in [0.05, 0.1) is 35.5 Å². The number of aryl methyl sites for hydroxylation is 1. The van der Waals surface area contributed by atoms with E-state index in [1.54, 1.807) is 29.4 Å². The summed E-state index contributed by atoms with van der Waals surface area (Å²) in [6.45, 7) is 1.29. The zero-order valence-corrected chi connectivity index (χ0v) is 15.5. The second kappa shape index (κ2) is 6.87. The van der Waals surface area contributed by atoms with Crippen LogP contribution in [0.3, 0.4) is 0 Å². The third kappa shape index (κ3) is 2.80. The molecule has 1 fully saturated rings. The summed E-state index contributed by atoms with van der Waals surface area (Å²) in [5.74, 6) is 0.821. The summed E-state index contributed by atoms with van der Waals surface area (Å²) >= 11 is 0. The summed E-state index contributed by atoms with van der Waals surface area (Å²) in [6, 6.07) is 4.16. The quantitative estimate of drug-likeness (QED) is 0.497. The summed E-state index contributed by atoms with van der Waals surface area (Å²) in [7, 11) is 0. The van der Waals surface area contributed by atoms with Crippen molar-refractivity contribution < 1.29 is 5.11 Å². The Bertz CT molecular complexity index is 1200. The van der Waals surface area contributed by atoms with Crippen molar-refractivity contribution in [1.82, 2.24) is 28.7 Å². The van der Waals surface area contributed by atoms with Crippen molar-refractivity contribution >= 4 is 22.1 Å². The van der Waals surface area contributed by atoms with E-state index in [0.717, 1.165) is 60.1 Å². The van der Waals surface area contributed by atoms with Crippen LogP contribution in [-0.4, -0.2) is 40.4 Å². The smallest absolute Gasteiger partial charge is 0.329 e. The number of hydrogen-bond donors (Lipinski definition) is 1. The molecule has 0 bridgehead atoms. The number of rotatable bonds is 7. The first-order valence-electron chi connectivity index (χ1n) is 9.72. The maximum absolute atomic E-state index is 13.2. The van der Waals surface area contributed by atoms with Crippen LogP contribution in [0.2, 0.25) is 0 Å². The van der Waals surface area contributed by atoms with Gasteiger partial charge in [0.1, 0.15) is 11.3 Å². The van der Waals surface area contributed by atoms with Gasteiger partial charge in [-0.05, 0) is 37.8 Å². The van der Waals surface area contributed by atoms with Crippen LogP contribution < -0.4 is 5.69 Å². The molecule has 28 heavy (non-hydrogen) atoms. The maximum atomic E-state index is 13.2. The molecule has 1 saturated carbocycles. The fourth-order valence-electron chi connectivity index (χ4n) is 3.89. The molecule has 1 aliphatic rings. The van der Waals surface area contributed by atoms with Crippen molar-refractivity contribution in [2.45, 2.75) is 44.8 Å². The molecule has 4 aromatic heterocycles. The number of aliphatic hydroxyl groups excluding tert-OH is 1. The molecular formula is C20H22N6O2. The third-order valence-corrected chi connectivity index (χ3v) is 5.40. The molecule has 1 N–H and O–H groups in total. The molecule has 0 atom stereocenters. The molecule has 5 rings (SSSR count). The normalized spacial score (nSPS) is 14.3. The Morgan fingerprint density at radius 3 is 2.57 bits per heavy atom. The number of pyridine rings is 2. The minimum Gasteiger partial charge on any atom is -0.396 e. The number of fused-ring (bicyclic) bond motifs is 2. The molecule has 0 amide bonds. The lowest BCUT2D eigenvalue weighted by molar-refractivity contribution is 0.281. The Morgan fingerprint density at radius 2 is 1.79 bits per heavy atom. The van der Waals surface area contributed by atoms with E-state index in [2.05, 4.69) is 14.5 Å². The first kappa shape index (κ1) is 17.1. The van der Waals surface area contributed by atoms with Gasteiger partial charge in [0.2, 0.25) is 0 Å². The van der Waals surface area contributed by atoms with Crippen molar-refractivity contribution in [3.8, 4) is 0 Å². The van der Waals surface area contributed by atoms with Gasteiger partial charge in [0, 0.05) is 31.6 Å². The largest absolute Gasteiger partial charge is 0.396 e. The standard InChI is InChI=1S/C20H22N6O2/c27-10-2-1-9-24-16-5-7-21-11-15(16)23-19(24)13-25-18-12-22-8-6-17(18)26(20(25)28)14-3-4-14/h5-8,11-12,14,27H,1-4,9-10,13H2. The Balaban J connectivity index is 1.62. The van der Waals surface area contributed by atoms with Crippen molar-refractivity contribution in [3.05, 3.63) is 53.2 Å². The molecule has 4 heterocycles. The van der Waals surface area contributed by atoms with Gasteiger partial charge in [0.25, 0.3) is 0 Å². The number of aromatic nitrogens is 6. The Hall–Kier alpha value is -3.00. The third-order valence-electron chi connectivity index (χ3n) is 5.40. The van der Waals surface area contributed by atoms with E-state index in [-0.39, 0.29) is 12.3 Å². The number of nitrogens with zero attached hydrogens (tertiary/aromatic N) is 6. The fraction of sp³-hybridized carbons (Fsp3) is 0.400. The molecule has 0 aliphatic heterocycles. The lowest BCUT2D eigenvalue weighted by Crippen LogP contribution is -2.25. The second-order valence-corrected chi connectivity index (χ2v) is 7.31. The van der Waals surface area contributed by atoms with Gasteiger partial charge in [-0.15, -0.1) is 0 Å². The van der Waals surface area contributed by atoms with Crippen molar-refractivity contribution in [3.63, 3.8) is 0 Å². The van der Waals surface area contributed by atoms with Crippen LogP contribution in [0.15, 0.2) is 41.7 Å². The van der Waals surface area contributed by atoms with E-state index >= 15 is 0 Å². The Labute approximate surface area is 161 Å². The second-order valence-electron chi connectivity index (χ2n) is 7.31. The van der Waals surface area contributed by atoms with Crippen LogP contribution in [0.5, 0.6) is 0 Å². The van der Waals surface area contributed by atoms with Crippen LogP contribution in [0.1, 0.15) is 37.5 Å². The lowest BCUT2D eigenvalue weighted by atomic mass is 10.3. The minimum absolute atomic E-state index is 0.00223. The zero-order valence-electron chi connectivity index (χ0n) is 15.5. The topological polar surface area (TPSA) is 90.8 Å². The van der Waals surface area contributed by atoms with Gasteiger partial charge in [-0.1, -0.05) is 0 Å². The number of imidazole rings is 2. The van der Waals surface area contributed by atoms with E-state index in [9.17, 15) is 4.79 Å². The summed E-state index contributed by atoms with van der Waals surface area (Å²) in [5, 5.41) is 9.14. The van der Waals surface area contributed by atoms with Crippen LogP contribution in [0, 0.1) is 0 Å². The molecule has 0 spiro atoms. The van der Waals surface area contributed by atoms with E-state index in [1.165, 1.54) is 0 Å². The molecule has 144 valence electrons. The minimum atomic E-state index is -0.00223. The highest BCUT2D eigenvalue weighted by molar-refractivity contribution is 5.76. The summed E-state index contributed by atoms with van der Waals surface area (Å²) in [6.07, 6.45) is 10.7. The lowest BCUT2D eigenvalue weighted by Gasteiger charge is -2.09. The predicted octanol–water partition coefficient (Wildman–Crippen LogP) is 2.10. The first-order chi connectivity index (χ1) is 13.8. The molecule has 0 saturated heterocycles. The Morgan fingerprint density at radius 1 is 1.00 bits per heavy atom. The fourth-order valence-corrected chi connectivity index (χ4v) is 3.89. The zero-order chi connectivity index (χ0) is 19.1. The molecule has 1 aliphatic carbocycles. The Kier molecular flexibility index (Phi) is 4.20. The average Bonchev–Trinajstić information content (AvgIpc) is 3.43. The summed E-state index contributed by atoms with van der Waals surface area (Å²) in [4.78, 5) is 26.3. The number of aliphatic hydroxyl groups is 1. The monoisotopic (exact) mass is 378 g/mol. The molecule has 0 unspecified atom stereocenters. The van der Waals surface area contributed by atoms with Gasteiger partial charge in [-0.3, -0.25) is 19.1 Å². The van der Waals surface area contributed by atoms with Crippen LogP contribution in [0.4, 0.5) is 0 Å². The molecule has 4 aromatic rings. The van der Waals surface area contributed by atoms with Gasteiger partial charge in [0.15, 0.2) is 0 Å². The molecular weight excluding hydrogens is 356 g/mol.